The fraction of sp³-hybridized carbons (Fsp3) is 0.150. The molecule has 0 fully saturated rings. The van der Waals surface area contributed by atoms with Crippen LogP contribution in [0.15, 0.2) is 82.6 Å². The maximum absolute atomic E-state index is 13.1. The lowest BCUT2D eigenvalue weighted by molar-refractivity contribution is -0.116. The maximum atomic E-state index is 13.1. The topological polar surface area (TPSA) is 20.3 Å². The second-order valence-electron chi connectivity index (χ2n) is 5.82. The molecule has 4 rings (SSSR count). The van der Waals surface area contributed by atoms with E-state index < -0.39 is 0 Å². The molecule has 0 bridgehead atoms. The zero-order valence-corrected chi connectivity index (χ0v) is 15.7. The molecule has 0 spiro atoms. The van der Waals surface area contributed by atoms with Gasteiger partial charge in [-0.2, -0.15) is 0 Å². The van der Waals surface area contributed by atoms with E-state index in [2.05, 4.69) is 24.3 Å². The van der Waals surface area contributed by atoms with Crippen LogP contribution >= 0.6 is 35.1 Å². The number of carbonyl (C=O) groups is 1. The van der Waals surface area contributed by atoms with Crippen LogP contribution in [0.2, 0.25) is 5.02 Å². The molecule has 0 unspecified atom stereocenters. The van der Waals surface area contributed by atoms with Gasteiger partial charge in [0.05, 0.1) is 22.7 Å². The van der Waals surface area contributed by atoms with Crippen molar-refractivity contribution >= 4 is 46.7 Å². The summed E-state index contributed by atoms with van der Waals surface area (Å²) in [7, 11) is 0. The van der Waals surface area contributed by atoms with E-state index in [1.165, 1.54) is 0 Å². The molecule has 0 saturated carbocycles. The normalized spacial score (nSPS) is 20.9. The smallest absolute Gasteiger partial charge is 0.237 e. The van der Waals surface area contributed by atoms with Gasteiger partial charge in [0.1, 0.15) is 0 Å². The Morgan fingerprint density at radius 2 is 1.84 bits per heavy atom. The molecule has 2 aromatic rings. The monoisotopic (exact) mass is 385 g/mol. The van der Waals surface area contributed by atoms with Crippen molar-refractivity contribution in [1.82, 2.24) is 0 Å². The third kappa shape index (κ3) is 3.52. The van der Waals surface area contributed by atoms with E-state index in [-0.39, 0.29) is 17.2 Å². The van der Waals surface area contributed by atoms with Crippen LogP contribution < -0.4 is 4.90 Å². The van der Waals surface area contributed by atoms with E-state index in [1.54, 1.807) is 11.8 Å². The van der Waals surface area contributed by atoms with Gasteiger partial charge in [-0.1, -0.05) is 48.0 Å². The Labute approximate surface area is 160 Å². The first kappa shape index (κ1) is 16.8. The lowest BCUT2D eigenvalue weighted by atomic mass is 10.0. The SMILES string of the molecule is O=C(CSc1ccc(Cl)cc1)N1c2ccccc2S[C@H]2C=CC=C[C@@H]21. The molecule has 5 heteroatoms. The van der Waals surface area contributed by atoms with Gasteiger partial charge in [0.2, 0.25) is 5.91 Å². The molecular weight excluding hydrogens is 370 g/mol. The van der Waals surface area contributed by atoms with E-state index >= 15 is 0 Å². The second-order valence-corrected chi connectivity index (χ2v) is 8.52. The highest BCUT2D eigenvalue weighted by Crippen LogP contribution is 2.43. The van der Waals surface area contributed by atoms with E-state index in [9.17, 15) is 4.79 Å². The quantitative estimate of drug-likeness (QED) is 0.656. The van der Waals surface area contributed by atoms with E-state index in [4.69, 9.17) is 11.6 Å². The molecule has 0 aromatic heterocycles. The Kier molecular flexibility index (Phi) is 4.93. The van der Waals surface area contributed by atoms with Gasteiger partial charge in [-0.25, -0.2) is 0 Å². The molecule has 0 radical (unpaired) electrons. The first-order valence-corrected chi connectivity index (χ1v) is 10.3. The number of fused-ring (bicyclic) bond motifs is 2. The molecule has 1 heterocycles. The number of halogens is 1. The summed E-state index contributed by atoms with van der Waals surface area (Å²) in [6.07, 6.45) is 8.39. The molecule has 2 aromatic carbocycles. The zero-order valence-electron chi connectivity index (χ0n) is 13.3. The number of hydrogen-bond acceptors (Lipinski definition) is 3. The first-order chi connectivity index (χ1) is 12.2. The summed E-state index contributed by atoms with van der Waals surface area (Å²) in [4.78, 5) is 17.2. The molecule has 0 saturated heterocycles. The molecule has 126 valence electrons. The first-order valence-electron chi connectivity index (χ1n) is 8.03. The molecule has 1 amide bonds. The standard InChI is InChI=1S/C20H16ClNOS2/c21-14-9-11-15(12-10-14)24-13-20(23)22-16-5-1-3-7-18(16)25-19-8-4-2-6-17(19)22/h1-12,16,18H,13H2/t16-,18-/m0/s1. The highest BCUT2D eigenvalue weighted by Gasteiger charge is 2.36. The Morgan fingerprint density at radius 3 is 2.68 bits per heavy atom. The summed E-state index contributed by atoms with van der Waals surface area (Å²) < 4.78 is 0. The van der Waals surface area contributed by atoms with Crippen LogP contribution in [0.3, 0.4) is 0 Å². The van der Waals surface area contributed by atoms with E-state index in [0.717, 1.165) is 15.5 Å². The zero-order chi connectivity index (χ0) is 17.2. The Bertz CT molecular complexity index is 847. The lowest BCUT2D eigenvalue weighted by Gasteiger charge is -2.40. The predicted molar refractivity (Wildman–Crippen MR) is 108 cm³/mol. The van der Waals surface area contributed by atoms with Gasteiger partial charge in [-0.15, -0.1) is 23.5 Å². The van der Waals surface area contributed by atoms with Gasteiger partial charge < -0.3 is 4.90 Å². The third-order valence-electron chi connectivity index (χ3n) is 4.19. The number of anilines is 1. The number of allylic oxidation sites excluding steroid dienone is 2. The van der Waals surface area contributed by atoms with Crippen molar-refractivity contribution in [3.05, 3.63) is 77.9 Å². The number of thioether (sulfide) groups is 2. The summed E-state index contributed by atoms with van der Waals surface area (Å²) in [6.45, 7) is 0. The van der Waals surface area contributed by atoms with Gasteiger partial charge in [-0.3, -0.25) is 4.79 Å². The average Bonchev–Trinajstić information content (AvgIpc) is 2.65. The lowest BCUT2D eigenvalue weighted by Crippen LogP contribution is -2.48. The number of hydrogen-bond donors (Lipinski definition) is 0. The minimum absolute atomic E-state index is 0.0724. The van der Waals surface area contributed by atoms with E-state index in [0.29, 0.717) is 10.8 Å². The Morgan fingerprint density at radius 1 is 1.08 bits per heavy atom. The molecule has 0 N–H and O–H groups in total. The summed E-state index contributed by atoms with van der Waals surface area (Å²) >= 11 is 9.30. The predicted octanol–water partition coefficient (Wildman–Crippen LogP) is 5.43. The van der Waals surface area contributed by atoms with Crippen molar-refractivity contribution in [2.45, 2.75) is 21.1 Å². The Balaban J connectivity index is 1.58. The van der Waals surface area contributed by atoms with Crippen molar-refractivity contribution in [2.24, 2.45) is 0 Å². The molecule has 2 aliphatic rings. The second kappa shape index (κ2) is 7.32. The van der Waals surface area contributed by atoms with Crippen LogP contribution in [0, 0.1) is 0 Å². The fourth-order valence-corrected chi connectivity index (χ4v) is 5.17. The van der Waals surface area contributed by atoms with Gasteiger partial charge in [0.25, 0.3) is 0 Å². The number of benzene rings is 2. The van der Waals surface area contributed by atoms with Crippen LogP contribution in [0.4, 0.5) is 5.69 Å². The van der Waals surface area contributed by atoms with Crippen LogP contribution in [0.5, 0.6) is 0 Å². The van der Waals surface area contributed by atoms with Gasteiger partial charge in [-0.05, 0) is 36.4 Å². The number of para-hydroxylation sites is 1. The van der Waals surface area contributed by atoms with Gasteiger partial charge >= 0.3 is 0 Å². The average molecular weight is 386 g/mol. The minimum atomic E-state index is 0.0724. The Hall–Kier alpha value is -1.62. The number of nitrogens with zero attached hydrogens (tertiary/aromatic N) is 1. The molecular formula is C20H16ClNOS2. The maximum Gasteiger partial charge on any atom is 0.237 e. The van der Waals surface area contributed by atoms with Crippen molar-refractivity contribution < 1.29 is 4.79 Å². The largest absolute Gasteiger partial charge is 0.302 e. The summed E-state index contributed by atoms with van der Waals surface area (Å²) in [5.74, 6) is 0.532. The number of carbonyl (C=O) groups excluding carboxylic acids is 1. The molecule has 1 aliphatic heterocycles. The summed E-state index contributed by atoms with van der Waals surface area (Å²) in [6, 6.07) is 15.8. The number of amides is 1. The minimum Gasteiger partial charge on any atom is -0.302 e. The van der Waals surface area contributed by atoms with Gasteiger partial charge in [0, 0.05) is 14.8 Å². The van der Waals surface area contributed by atoms with Crippen LogP contribution in [-0.2, 0) is 4.79 Å². The number of rotatable bonds is 3. The molecule has 2 atom stereocenters. The van der Waals surface area contributed by atoms with Crippen molar-refractivity contribution in [2.75, 3.05) is 10.7 Å². The van der Waals surface area contributed by atoms with Crippen molar-refractivity contribution in [3.63, 3.8) is 0 Å². The molecule has 2 nitrogen and oxygen atoms in total. The van der Waals surface area contributed by atoms with Crippen LogP contribution in [-0.4, -0.2) is 23.0 Å². The van der Waals surface area contributed by atoms with Crippen molar-refractivity contribution in [3.8, 4) is 0 Å². The van der Waals surface area contributed by atoms with Crippen LogP contribution in [0.25, 0.3) is 0 Å². The molecule has 25 heavy (non-hydrogen) atoms. The third-order valence-corrected chi connectivity index (χ3v) is 6.74. The van der Waals surface area contributed by atoms with Gasteiger partial charge in [0.15, 0.2) is 0 Å². The summed E-state index contributed by atoms with van der Waals surface area (Å²) in [5, 5.41) is 0.976. The van der Waals surface area contributed by atoms with Crippen molar-refractivity contribution in [1.29, 1.82) is 0 Å². The van der Waals surface area contributed by atoms with Crippen LogP contribution in [0.1, 0.15) is 0 Å². The highest BCUT2D eigenvalue weighted by atomic mass is 35.5. The van der Waals surface area contributed by atoms with E-state index in [1.807, 2.05) is 65.2 Å². The summed E-state index contributed by atoms with van der Waals surface area (Å²) in [5.41, 5.74) is 1.01. The highest BCUT2D eigenvalue weighted by molar-refractivity contribution is 8.00. The molecule has 1 aliphatic carbocycles. The fourth-order valence-electron chi connectivity index (χ4n) is 3.03.